The molecule has 0 unspecified atom stereocenters. The second kappa shape index (κ2) is 15.2. The molecule has 0 aromatic heterocycles. The highest BCUT2D eigenvalue weighted by Crippen LogP contribution is 2.32. The lowest BCUT2D eigenvalue weighted by molar-refractivity contribution is 0.485. The van der Waals surface area contributed by atoms with E-state index < -0.39 is 0 Å². The van der Waals surface area contributed by atoms with E-state index in [9.17, 15) is 0 Å². The van der Waals surface area contributed by atoms with E-state index in [0.717, 1.165) is 11.6 Å². The topological polar surface area (TPSA) is 0 Å². The molecule has 0 aromatic carbocycles. The maximum absolute atomic E-state index is 1.58. The molecule has 25 heavy (non-hydrogen) atoms. The van der Waals surface area contributed by atoms with Crippen LogP contribution < -0.4 is 0 Å². The van der Waals surface area contributed by atoms with Crippen molar-refractivity contribution in [2.45, 2.75) is 153 Å². The van der Waals surface area contributed by atoms with Gasteiger partial charge in [-0.15, -0.1) is 0 Å². The van der Waals surface area contributed by atoms with Crippen molar-refractivity contribution in [1.82, 2.24) is 0 Å². The highest BCUT2D eigenvalue weighted by Gasteiger charge is 2.18. The summed E-state index contributed by atoms with van der Waals surface area (Å²) in [7, 11) is 1.58. The average Bonchev–Trinajstić information content (AvgIpc) is 2.59. The van der Waals surface area contributed by atoms with Gasteiger partial charge in [0.2, 0.25) is 0 Å². The zero-order valence-electron chi connectivity index (χ0n) is 17.4. The Kier molecular flexibility index (Phi) is 13.0. The first-order valence-electron chi connectivity index (χ1n) is 12.4. The van der Waals surface area contributed by atoms with Crippen LogP contribution in [0.3, 0.4) is 0 Å². The third-order valence-corrected chi connectivity index (χ3v) is 7.12. The van der Waals surface area contributed by atoms with Crippen LogP contribution in [0, 0.1) is 0 Å². The maximum atomic E-state index is 1.58. The zero-order valence-corrected chi connectivity index (χ0v) is 17.4. The van der Waals surface area contributed by atoms with E-state index in [1.165, 1.54) is 116 Å². The summed E-state index contributed by atoms with van der Waals surface area (Å²) in [6.45, 7) is 0. The van der Waals surface area contributed by atoms with Crippen LogP contribution in [0.25, 0.3) is 0 Å². The molecule has 1 heteroatoms. The van der Waals surface area contributed by atoms with E-state index in [2.05, 4.69) is 0 Å². The summed E-state index contributed by atoms with van der Waals surface area (Å²) < 4.78 is 0. The molecule has 0 aliphatic heterocycles. The van der Waals surface area contributed by atoms with E-state index in [0.29, 0.717) is 0 Å². The third-order valence-electron chi connectivity index (χ3n) is 7.12. The van der Waals surface area contributed by atoms with Gasteiger partial charge in [-0.3, -0.25) is 0 Å². The fourth-order valence-electron chi connectivity index (χ4n) is 5.44. The van der Waals surface area contributed by atoms with Gasteiger partial charge in [-0.25, -0.2) is 0 Å². The molecule has 0 N–H and O–H groups in total. The fourth-order valence-corrected chi connectivity index (χ4v) is 5.44. The first kappa shape index (κ1) is 21.4. The SMILES string of the molecule is B(C1CCCCCCCCCCC1)C1CCCCCCCCCCC1. The Hall–Kier alpha value is 0.0649. The standard InChI is InChI=1S/C24H47B/c1-3-7-11-15-19-23(20-16-12-8-4-1)25-24-21-17-13-9-5-2-6-10-14-18-22-24/h23-25H,1-22H2. The normalized spacial score (nSPS) is 25.8. The second-order valence-corrected chi connectivity index (χ2v) is 9.49. The number of hydrogen-bond donors (Lipinski definition) is 0. The molecule has 0 bridgehead atoms. The minimum Gasteiger partial charge on any atom is -0.0654 e. The molecule has 0 saturated heterocycles. The van der Waals surface area contributed by atoms with E-state index >= 15 is 0 Å². The summed E-state index contributed by atoms with van der Waals surface area (Å²) in [5.41, 5.74) is 0. The highest BCUT2D eigenvalue weighted by atomic mass is 14.1. The molecular weight excluding hydrogens is 299 g/mol. The van der Waals surface area contributed by atoms with Gasteiger partial charge < -0.3 is 0 Å². The van der Waals surface area contributed by atoms with Crippen molar-refractivity contribution >= 4 is 7.28 Å². The Bertz CT molecular complexity index is 236. The van der Waals surface area contributed by atoms with Gasteiger partial charge in [0.1, 0.15) is 7.28 Å². The molecule has 0 atom stereocenters. The Morgan fingerprint density at radius 3 is 0.720 bits per heavy atom. The molecule has 2 rings (SSSR count). The molecule has 0 spiro atoms. The molecule has 0 aromatic rings. The van der Waals surface area contributed by atoms with Gasteiger partial charge in [0.05, 0.1) is 0 Å². The van der Waals surface area contributed by atoms with Crippen LogP contribution in [0.2, 0.25) is 11.6 Å². The van der Waals surface area contributed by atoms with Crippen LogP contribution in [-0.4, -0.2) is 7.28 Å². The van der Waals surface area contributed by atoms with E-state index in [4.69, 9.17) is 0 Å². The van der Waals surface area contributed by atoms with Crippen LogP contribution in [-0.2, 0) is 0 Å². The Balaban J connectivity index is 1.75. The van der Waals surface area contributed by atoms with E-state index in [-0.39, 0.29) is 0 Å². The Morgan fingerprint density at radius 2 is 0.480 bits per heavy atom. The summed E-state index contributed by atoms with van der Waals surface area (Å²) in [6, 6.07) is 0. The van der Waals surface area contributed by atoms with Crippen LogP contribution in [0.15, 0.2) is 0 Å². The highest BCUT2D eigenvalue weighted by molar-refractivity contribution is 6.39. The van der Waals surface area contributed by atoms with Crippen LogP contribution in [0.5, 0.6) is 0 Å². The Morgan fingerprint density at radius 1 is 0.280 bits per heavy atom. The summed E-state index contributed by atoms with van der Waals surface area (Å²) in [5.74, 6) is 2.13. The molecule has 0 nitrogen and oxygen atoms in total. The summed E-state index contributed by atoms with van der Waals surface area (Å²) >= 11 is 0. The van der Waals surface area contributed by atoms with Crippen LogP contribution in [0.4, 0.5) is 0 Å². The largest absolute Gasteiger partial charge is 0.127 e. The first-order chi connectivity index (χ1) is 12.4. The monoisotopic (exact) mass is 346 g/mol. The van der Waals surface area contributed by atoms with Crippen molar-refractivity contribution in [3.63, 3.8) is 0 Å². The van der Waals surface area contributed by atoms with Crippen molar-refractivity contribution in [3.05, 3.63) is 0 Å². The van der Waals surface area contributed by atoms with Gasteiger partial charge in [-0.2, -0.15) is 0 Å². The lowest BCUT2D eigenvalue weighted by Crippen LogP contribution is -2.13. The van der Waals surface area contributed by atoms with Crippen LogP contribution in [0.1, 0.15) is 141 Å². The van der Waals surface area contributed by atoms with Gasteiger partial charge in [0.25, 0.3) is 0 Å². The average molecular weight is 346 g/mol. The molecule has 0 radical (unpaired) electrons. The molecule has 2 saturated carbocycles. The molecule has 0 heterocycles. The molecule has 146 valence electrons. The van der Waals surface area contributed by atoms with Crippen molar-refractivity contribution < 1.29 is 0 Å². The summed E-state index contributed by atoms with van der Waals surface area (Å²) in [6.07, 6.45) is 33.4. The van der Waals surface area contributed by atoms with Gasteiger partial charge in [0, 0.05) is 0 Å². The minimum atomic E-state index is 1.07. The lowest BCUT2D eigenvalue weighted by Gasteiger charge is -2.23. The van der Waals surface area contributed by atoms with E-state index in [1.807, 2.05) is 0 Å². The predicted octanol–water partition coefficient (Wildman–Crippen LogP) is 8.61. The Labute approximate surface area is 160 Å². The molecule has 2 aliphatic rings. The molecule has 2 aliphatic carbocycles. The van der Waals surface area contributed by atoms with Crippen LogP contribution >= 0.6 is 0 Å². The quantitative estimate of drug-likeness (QED) is 0.439. The zero-order chi connectivity index (χ0) is 17.4. The van der Waals surface area contributed by atoms with Crippen molar-refractivity contribution in [3.8, 4) is 0 Å². The van der Waals surface area contributed by atoms with Crippen molar-refractivity contribution in [1.29, 1.82) is 0 Å². The molecule has 0 amide bonds. The fraction of sp³-hybridized carbons (Fsp3) is 1.00. The third kappa shape index (κ3) is 11.4. The number of rotatable bonds is 2. The van der Waals surface area contributed by atoms with Gasteiger partial charge in [-0.1, -0.05) is 153 Å². The second-order valence-electron chi connectivity index (χ2n) is 9.49. The number of hydrogen-bond acceptors (Lipinski definition) is 0. The van der Waals surface area contributed by atoms with Crippen molar-refractivity contribution in [2.24, 2.45) is 0 Å². The van der Waals surface area contributed by atoms with Crippen molar-refractivity contribution in [2.75, 3.05) is 0 Å². The first-order valence-corrected chi connectivity index (χ1v) is 12.4. The smallest absolute Gasteiger partial charge is 0.0654 e. The van der Waals surface area contributed by atoms with Gasteiger partial charge >= 0.3 is 0 Å². The minimum absolute atomic E-state index is 1.07. The van der Waals surface area contributed by atoms with Gasteiger partial charge in [0.15, 0.2) is 0 Å². The van der Waals surface area contributed by atoms with Gasteiger partial charge in [-0.05, 0) is 0 Å². The molecule has 2 fully saturated rings. The summed E-state index contributed by atoms with van der Waals surface area (Å²) in [4.78, 5) is 0. The lowest BCUT2D eigenvalue weighted by atomic mass is 9.50. The predicted molar refractivity (Wildman–Crippen MR) is 116 cm³/mol. The van der Waals surface area contributed by atoms with E-state index in [1.54, 1.807) is 33.0 Å². The summed E-state index contributed by atoms with van der Waals surface area (Å²) in [5, 5.41) is 0. The molecular formula is C24H47B. The maximum Gasteiger partial charge on any atom is 0.127 e.